The molecule has 0 bridgehead atoms. The molecule has 4 nitrogen and oxygen atoms in total. The summed E-state index contributed by atoms with van der Waals surface area (Å²) in [6, 6.07) is 0. The summed E-state index contributed by atoms with van der Waals surface area (Å²) in [5, 5.41) is 0. The number of ketones is 3. The molecule has 0 saturated heterocycles. The summed E-state index contributed by atoms with van der Waals surface area (Å²) >= 11 is 0. The van der Waals surface area contributed by atoms with Crippen molar-refractivity contribution in [1.29, 1.82) is 0 Å². The van der Waals surface area contributed by atoms with Crippen molar-refractivity contribution in [3.05, 3.63) is 0 Å². The Bertz CT molecular complexity index is 266. The SMILES string of the molecule is CCC(=O)CN(CC(=O)CC)CC(=O)C(C)C. The number of Topliss-reactive ketones (excluding diaryl/α,β-unsaturated/α-hetero) is 3. The van der Waals surface area contributed by atoms with Crippen LogP contribution in [0, 0.1) is 5.92 Å². The Morgan fingerprint density at radius 1 is 0.882 bits per heavy atom. The van der Waals surface area contributed by atoms with Gasteiger partial charge in [-0.25, -0.2) is 0 Å². The van der Waals surface area contributed by atoms with E-state index in [4.69, 9.17) is 0 Å². The monoisotopic (exact) mass is 241 g/mol. The topological polar surface area (TPSA) is 54.5 Å². The molecule has 0 aliphatic rings. The maximum absolute atomic E-state index is 11.6. The molecule has 0 aromatic rings. The molecule has 0 aliphatic heterocycles. The first kappa shape index (κ1) is 16.0. The highest BCUT2D eigenvalue weighted by Gasteiger charge is 2.17. The largest absolute Gasteiger partial charge is 0.298 e. The van der Waals surface area contributed by atoms with Crippen LogP contribution in [0.5, 0.6) is 0 Å². The van der Waals surface area contributed by atoms with Gasteiger partial charge in [-0.2, -0.15) is 0 Å². The van der Waals surface area contributed by atoms with Crippen molar-refractivity contribution in [2.75, 3.05) is 19.6 Å². The molecule has 0 spiro atoms. The van der Waals surface area contributed by atoms with E-state index >= 15 is 0 Å². The summed E-state index contributed by atoms with van der Waals surface area (Å²) in [5.41, 5.74) is 0. The maximum atomic E-state index is 11.6. The standard InChI is InChI=1S/C13H23NO3/c1-5-11(15)7-14(8-12(16)6-2)9-13(17)10(3)4/h10H,5-9H2,1-4H3. The summed E-state index contributed by atoms with van der Waals surface area (Å²) in [4.78, 5) is 36.0. The van der Waals surface area contributed by atoms with Crippen LogP contribution in [0.4, 0.5) is 0 Å². The van der Waals surface area contributed by atoms with E-state index < -0.39 is 0 Å². The van der Waals surface area contributed by atoms with Crippen molar-refractivity contribution in [2.45, 2.75) is 40.5 Å². The summed E-state index contributed by atoms with van der Waals surface area (Å²) in [6.45, 7) is 7.79. The van der Waals surface area contributed by atoms with Gasteiger partial charge in [0.05, 0.1) is 19.6 Å². The van der Waals surface area contributed by atoms with E-state index in [1.54, 1.807) is 18.7 Å². The second-order valence-electron chi connectivity index (χ2n) is 4.55. The molecule has 0 amide bonds. The Morgan fingerprint density at radius 3 is 1.59 bits per heavy atom. The van der Waals surface area contributed by atoms with Gasteiger partial charge in [0.2, 0.25) is 0 Å². The summed E-state index contributed by atoms with van der Waals surface area (Å²) < 4.78 is 0. The first-order valence-corrected chi connectivity index (χ1v) is 6.19. The maximum Gasteiger partial charge on any atom is 0.149 e. The van der Waals surface area contributed by atoms with Gasteiger partial charge in [0.15, 0.2) is 0 Å². The van der Waals surface area contributed by atoms with Gasteiger partial charge in [-0.1, -0.05) is 27.7 Å². The molecule has 0 heterocycles. The lowest BCUT2D eigenvalue weighted by Gasteiger charge is -2.20. The van der Waals surface area contributed by atoms with Gasteiger partial charge in [-0.05, 0) is 0 Å². The number of hydrogen-bond acceptors (Lipinski definition) is 4. The molecule has 98 valence electrons. The highest BCUT2D eigenvalue weighted by Crippen LogP contribution is 2.00. The lowest BCUT2D eigenvalue weighted by molar-refractivity contribution is -0.126. The Balaban J connectivity index is 4.44. The predicted molar refractivity (Wildman–Crippen MR) is 66.9 cm³/mol. The normalized spacial score (nSPS) is 10.9. The highest BCUT2D eigenvalue weighted by molar-refractivity contribution is 5.86. The number of hydrogen-bond donors (Lipinski definition) is 0. The van der Waals surface area contributed by atoms with Crippen molar-refractivity contribution in [3.63, 3.8) is 0 Å². The van der Waals surface area contributed by atoms with Crippen LogP contribution in [0.3, 0.4) is 0 Å². The fourth-order valence-corrected chi connectivity index (χ4v) is 1.29. The molecule has 0 unspecified atom stereocenters. The molecule has 17 heavy (non-hydrogen) atoms. The molecule has 0 saturated carbocycles. The molecule has 0 fully saturated rings. The second-order valence-corrected chi connectivity index (χ2v) is 4.55. The molecule has 0 aromatic carbocycles. The molecular formula is C13H23NO3. The van der Waals surface area contributed by atoms with Crippen LogP contribution in [0.1, 0.15) is 40.5 Å². The third-order valence-electron chi connectivity index (χ3n) is 2.61. The Hall–Kier alpha value is -1.03. The van der Waals surface area contributed by atoms with E-state index in [9.17, 15) is 14.4 Å². The number of nitrogens with zero attached hydrogens (tertiary/aromatic N) is 1. The van der Waals surface area contributed by atoms with Crippen LogP contribution in [-0.4, -0.2) is 41.9 Å². The van der Waals surface area contributed by atoms with Gasteiger partial charge < -0.3 is 0 Å². The average molecular weight is 241 g/mol. The van der Waals surface area contributed by atoms with E-state index in [1.165, 1.54) is 0 Å². The van der Waals surface area contributed by atoms with Crippen LogP contribution < -0.4 is 0 Å². The van der Waals surface area contributed by atoms with E-state index in [2.05, 4.69) is 0 Å². The van der Waals surface area contributed by atoms with Crippen LogP contribution in [0.15, 0.2) is 0 Å². The van der Waals surface area contributed by atoms with Crippen molar-refractivity contribution in [2.24, 2.45) is 5.92 Å². The number of rotatable bonds is 9. The molecular weight excluding hydrogens is 218 g/mol. The molecule has 0 radical (unpaired) electrons. The Kier molecular flexibility index (Phi) is 7.63. The van der Waals surface area contributed by atoms with Gasteiger partial charge in [0.25, 0.3) is 0 Å². The van der Waals surface area contributed by atoms with Crippen LogP contribution >= 0.6 is 0 Å². The van der Waals surface area contributed by atoms with Crippen LogP contribution in [0.2, 0.25) is 0 Å². The van der Waals surface area contributed by atoms with Crippen molar-refractivity contribution < 1.29 is 14.4 Å². The van der Waals surface area contributed by atoms with Crippen molar-refractivity contribution >= 4 is 17.3 Å². The summed E-state index contributed by atoms with van der Waals surface area (Å²) in [7, 11) is 0. The highest BCUT2D eigenvalue weighted by atomic mass is 16.1. The molecule has 0 aliphatic carbocycles. The predicted octanol–water partition coefficient (Wildman–Crippen LogP) is 1.47. The zero-order chi connectivity index (χ0) is 13.4. The zero-order valence-corrected chi connectivity index (χ0v) is 11.3. The van der Waals surface area contributed by atoms with E-state index in [0.717, 1.165) is 0 Å². The lowest BCUT2D eigenvalue weighted by atomic mass is 10.1. The first-order valence-electron chi connectivity index (χ1n) is 6.19. The fraction of sp³-hybridized carbons (Fsp3) is 0.769. The van der Waals surface area contributed by atoms with Crippen molar-refractivity contribution in [1.82, 2.24) is 4.90 Å². The van der Waals surface area contributed by atoms with Crippen LogP contribution in [-0.2, 0) is 14.4 Å². The lowest BCUT2D eigenvalue weighted by Crippen LogP contribution is -2.39. The van der Waals surface area contributed by atoms with Gasteiger partial charge in [0, 0.05) is 18.8 Å². The van der Waals surface area contributed by atoms with Gasteiger partial charge in [-0.15, -0.1) is 0 Å². The average Bonchev–Trinajstić information content (AvgIpc) is 2.28. The third-order valence-corrected chi connectivity index (χ3v) is 2.61. The minimum atomic E-state index is -0.0639. The minimum absolute atomic E-state index is 0.0606. The fourth-order valence-electron chi connectivity index (χ4n) is 1.29. The zero-order valence-electron chi connectivity index (χ0n) is 11.3. The molecule has 4 heteroatoms. The Morgan fingerprint density at radius 2 is 1.29 bits per heavy atom. The van der Waals surface area contributed by atoms with Crippen LogP contribution in [0.25, 0.3) is 0 Å². The van der Waals surface area contributed by atoms with E-state index in [-0.39, 0.29) is 42.9 Å². The van der Waals surface area contributed by atoms with Gasteiger partial charge in [0.1, 0.15) is 17.3 Å². The van der Waals surface area contributed by atoms with Gasteiger partial charge in [-0.3, -0.25) is 19.3 Å². The van der Waals surface area contributed by atoms with Gasteiger partial charge >= 0.3 is 0 Å². The Labute approximate surface area is 103 Å². The number of carbonyl (C=O) groups is 3. The molecule has 0 aromatic heterocycles. The van der Waals surface area contributed by atoms with E-state index in [0.29, 0.717) is 12.8 Å². The van der Waals surface area contributed by atoms with E-state index in [1.807, 2.05) is 13.8 Å². The molecule has 0 atom stereocenters. The third kappa shape index (κ3) is 7.00. The first-order chi connectivity index (χ1) is 7.90. The summed E-state index contributed by atoms with van der Waals surface area (Å²) in [5.74, 6) is 0.125. The van der Waals surface area contributed by atoms with Crippen molar-refractivity contribution in [3.8, 4) is 0 Å². The minimum Gasteiger partial charge on any atom is -0.298 e. The molecule has 0 rings (SSSR count). The second kappa shape index (κ2) is 8.12. The quantitative estimate of drug-likeness (QED) is 0.613. The smallest absolute Gasteiger partial charge is 0.149 e. The molecule has 0 N–H and O–H groups in total. The summed E-state index contributed by atoms with van der Waals surface area (Å²) in [6.07, 6.45) is 0.874. The number of carbonyl (C=O) groups excluding carboxylic acids is 3.